The van der Waals surface area contributed by atoms with Gasteiger partial charge in [0.2, 0.25) is 6.79 Å². The van der Waals surface area contributed by atoms with E-state index in [1.807, 2.05) is 26.0 Å². The molecule has 0 unspecified atom stereocenters. The summed E-state index contributed by atoms with van der Waals surface area (Å²) in [6, 6.07) is 8.10. The average molecular weight is 522 g/mol. The van der Waals surface area contributed by atoms with Crippen LogP contribution < -0.4 is 0 Å². The van der Waals surface area contributed by atoms with E-state index < -0.39 is 18.1 Å². The second kappa shape index (κ2) is 12.8. The lowest BCUT2D eigenvalue weighted by Gasteiger charge is -2.20. The Kier molecular flexibility index (Phi) is 10.4. The highest BCUT2D eigenvalue weighted by atomic mass is 35.5. The molecule has 10 heteroatoms. The molecule has 0 saturated carbocycles. The molecule has 1 aromatic carbocycles. The highest BCUT2D eigenvalue weighted by Gasteiger charge is 2.23. The molecule has 0 N–H and O–H groups in total. The third kappa shape index (κ3) is 7.60. The van der Waals surface area contributed by atoms with Crippen LogP contribution in [0.1, 0.15) is 50.2 Å². The number of ether oxygens (including phenoxy) is 3. The quantitative estimate of drug-likeness (QED) is 0.179. The lowest BCUT2D eigenvalue weighted by molar-refractivity contribution is -0.137. The van der Waals surface area contributed by atoms with Crippen molar-refractivity contribution in [2.75, 3.05) is 26.7 Å². The number of thioether (sulfide) groups is 1. The molecule has 2 aromatic rings. The molecule has 0 aliphatic rings. The number of carbonyl (C=O) groups excluding carboxylic acids is 2. The Labute approximate surface area is 215 Å². The number of hydrogen-bond acceptors (Lipinski definition) is 8. The highest BCUT2D eigenvalue weighted by molar-refractivity contribution is 8.13. The molecule has 0 aliphatic heterocycles. The van der Waals surface area contributed by atoms with Gasteiger partial charge in [-0.05, 0) is 42.2 Å². The lowest BCUT2D eigenvalue weighted by Crippen LogP contribution is -2.12. The van der Waals surface area contributed by atoms with E-state index >= 15 is 0 Å². The molecule has 1 aromatic heterocycles. The molecule has 0 radical (unpaired) electrons. The number of nitrogens with zero attached hydrogens (tertiary/aromatic N) is 3. The van der Waals surface area contributed by atoms with Gasteiger partial charge in [0.05, 0.1) is 17.8 Å². The van der Waals surface area contributed by atoms with E-state index in [0.717, 1.165) is 5.56 Å². The van der Waals surface area contributed by atoms with Crippen LogP contribution in [0.4, 0.5) is 4.79 Å². The molecule has 0 bridgehead atoms. The zero-order chi connectivity index (χ0) is 26.2. The fourth-order valence-corrected chi connectivity index (χ4v) is 3.88. The third-order valence-corrected chi connectivity index (χ3v) is 6.24. The molecule has 8 nitrogen and oxygen atoms in total. The SMILES string of the molecule is CCn1nc(C)c(Cl)c1/C(OCOC(=O)SCC(=O)OC)=C(\C=N/C)c1ccc(C(C)(C)C)cc1. The van der Waals surface area contributed by atoms with E-state index in [1.54, 1.807) is 17.9 Å². The number of rotatable bonds is 9. The standard InChI is InChI=1S/C25H32ClN3O5S/c1-8-29-22(21(26)16(2)28-29)23(33-15-34-24(31)35-14-20(30)32-7)19(13-27-6)17-9-11-18(12-10-17)25(3,4)5/h9-13H,8,14-15H2,1-7H3/b23-19-,27-13-. The topological polar surface area (TPSA) is 92.0 Å². The van der Waals surface area contributed by atoms with Crippen molar-refractivity contribution >= 4 is 52.2 Å². The van der Waals surface area contributed by atoms with Gasteiger partial charge in [0.25, 0.3) is 0 Å². The van der Waals surface area contributed by atoms with Gasteiger partial charge in [0.15, 0.2) is 5.76 Å². The van der Waals surface area contributed by atoms with Gasteiger partial charge in [-0.1, -0.05) is 56.6 Å². The Morgan fingerprint density at radius 1 is 1.20 bits per heavy atom. The van der Waals surface area contributed by atoms with Crippen molar-refractivity contribution in [2.45, 2.75) is 46.6 Å². The number of aromatic nitrogens is 2. The molecule has 0 amide bonds. The van der Waals surface area contributed by atoms with Crippen molar-refractivity contribution < 1.29 is 23.8 Å². The third-order valence-electron chi connectivity index (χ3n) is 5.05. The number of aliphatic imine (C=N–C) groups is 1. The zero-order valence-corrected chi connectivity index (χ0v) is 22.7. The van der Waals surface area contributed by atoms with Crippen LogP contribution in [0.5, 0.6) is 0 Å². The molecule has 0 saturated heterocycles. The van der Waals surface area contributed by atoms with E-state index in [2.05, 4.69) is 47.7 Å². The minimum absolute atomic E-state index is 0.00208. The minimum Gasteiger partial charge on any atom is -0.468 e. The maximum absolute atomic E-state index is 12.0. The number of aryl methyl sites for hydroxylation is 2. The zero-order valence-electron chi connectivity index (χ0n) is 21.2. The number of methoxy groups -OCH3 is 1. The Morgan fingerprint density at radius 2 is 1.86 bits per heavy atom. The molecule has 0 atom stereocenters. The summed E-state index contributed by atoms with van der Waals surface area (Å²) in [6.07, 6.45) is 1.67. The van der Waals surface area contributed by atoms with Gasteiger partial charge in [-0.25, -0.2) is 4.79 Å². The summed E-state index contributed by atoms with van der Waals surface area (Å²) in [6.45, 7) is 10.3. The number of carbonyl (C=O) groups is 2. The maximum atomic E-state index is 12.0. The van der Waals surface area contributed by atoms with Crippen molar-refractivity contribution in [1.82, 2.24) is 9.78 Å². The maximum Gasteiger partial charge on any atom is 0.370 e. The van der Waals surface area contributed by atoms with Crippen molar-refractivity contribution in [2.24, 2.45) is 4.99 Å². The largest absolute Gasteiger partial charge is 0.468 e. The molecule has 0 aliphatic carbocycles. The second-order valence-electron chi connectivity index (χ2n) is 8.54. The van der Waals surface area contributed by atoms with Crippen LogP contribution in [0.2, 0.25) is 5.02 Å². The van der Waals surface area contributed by atoms with E-state index in [9.17, 15) is 9.59 Å². The number of halogens is 1. The lowest BCUT2D eigenvalue weighted by atomic mass is 9.86. The number of benzene rings is 1. The minimum atomic E-state index is -0.665. The molecule has 190 valence electrons. The van der Waals surface area contributed by atoms with Gasteiger partial charge >= 0.3 is 11.3 Å². The summed E-state index contributed by atoms with van der Waals surface area (Å²) in [5.74, 6) is -0.306. The Morgan fingerprint density at radius 3 is 2.40 bits per heavy atom. The van der Waals surface area contributed by atoms with Crippen LogP contribution in [-0.4, -0.2) is 54.0 Å². The number of hydrogen-bond donors (Lipinski definition) is 0. The molecule has 1 heterocycles. The van der Waals surface area contributed by atoms with Crippen LogP contribution in [0.25, 0.3) is 11.3 Å². The summed E-state index contributed by atoms with van der Waals surface area (Å²) in [5, 5.41) is 4.26. The smallest absolute Gasteiger partial charge is 0.370 e. The molecular formula is C25H32ClN3O5S. The van der Waals surface area contributed by atoms with Crippen molar-refractivity contribution in [3.63, 3.8) is 0 Å². The van der Waals surface area contributed by atoms with Crippen LogP contribution in [-0.2, 0) is 31.0 Å². The first-order chi connectivity index (χ1) is 16.5. The Bertz CT molecular complexity index is 1100. The van der Waals surface area contributed by atoms with E-state index in [0.29, 0.717) is 46.0 Å². The van der Waals surface area contributed by atoms with Crippen LogP contribution in [0, 0.1) is 6.92 Å². The van der Waals surface area contributed by atoms with Crippen molar-refractivity contribution in [3.8, 4) is 0 Å². The highest BCUT2D eigenvalue weighted by Crippen LogP contribution is 2.34. The fraction of sp³-hybridized carbons (Fsp3) is 0.440. The molecule has 2 rings (SSSR count). The van der Waals surface area contributed by atoms with Crippen LogP contribution in [0.3, 0.4) is 0 Å². The van der Waals surface area contributed by atoms with Gasteiger partial charge in [-0.15, -0.1) is 0 Å². The van der Waals surface area contributed by atoms with E-state index in [1.165, 1.54) is 12.7 Å². The first kappa shape index (κ1) is 28.5. The van der Waals surface area contributed by atoms with Gasteiger partial charge < -0.3 is 14.2 Å². The van der Waals surface area contributed by atoms with Gasteiger partial charge in [0.1, 0.15) is 11.4 Å². The number of allylic oxidation sites excluding steroid dienone is 1. The van der Waals surface area contributed by atoms with Gasteiger partial charge in [-0.3, -0.25) is 14.5 Å². The van der Waals surface area contributed by atoms with Crippen LogP contribution >= 0.6 is 23.4 Å². The average Bonchev–Trinajstić information content (AvgIpc) is 3.11. The number of esters is 1. The van der Waals surface area contributed by atoms with Gasteiger partial charge in [-0.2, -0.15) is 5.10 Å². The predicted octanol–water partition coefficient (Wildman–Crippen LogP) is 5.75. The summed E-state index contributed by atoms with van der Waals surface area (Å²) in [7, 11) is 2.91. The second-order valence-corrected chi connectivity index (χ2v) is 9.83. The Balaban J connectivity index is 2.50. The van der Waals surface area contributed by atoms with E-state index in [4.69, 9.17) is 21.1 Å². The fourth-order valence-electron chi connectivity index (χ4n) is 3.18. The van der Waals surface area contributed by atoms with Crippen molar-refractivity contribution in [3.05, 3.63) is 51.8 Å². The summed E-state index contributed by atoms with van der Waals surface area (Å²) >= 11 is 7.33. The Hall–Kier alpha value is -2.78. The first-order valence-corrected chi connectivity index (χ1v) is 12.4. The molecule has 0 spiro atoms. The van der Waals surface area contributed by atoms with Crippen molar-refractivity contribution in [1.29, 1.82) is 0 Å². The summed E-state index contributed by atoms with van der Waals surface area (Å²) in [4.78, 5) is 27.5. The summed E-state index contributed by atoms with van der Waals surface area (Å²) < 4.78 is 17.4. The molecule has 0 fully saturated rings. The van der Waals surface area contributed by atoms with E-state index in [-0.39, 0.29) is 11.2 Å². The summed E-state index contributed by atoms with van der Waals surface area (Å²) in [5.41, 5.74) is 3.88. The normalized spacial score (nSPS) is 12.5. The van der Waals surface area contributed by atoms with Gasteiger partial charge in [0, 0.05) is 25.4 Å². The molecular weight excluding hydrogens is 490 g/mol. The molecule has 35 heavy (non-hydrogen) atoms. The first-order valence-electron chi connectivity index (χ1n) is 11.0. The van der Waals surface area contributed by atoms with Crippen LogP contribution in [0.15, 0.2) is 29.3 Å². The monoisotopic (exact) mass is 521 g/mol. The predicted molar refractivity (Wildman–Crippen MR) is 141 cm³/mol.